The predicted molar refractivity (Wildman–Crippen MR) is 124 cm³/mol. The minimum absolute atomic E-state index is 0. The Balaban J connectivity index is 0.00000150. The van der Waals surface area contributed by atoms with Crippen LogP contribution in [0.25, 0.3) is 11.2 Å². The fourth-order valence-electron chi connectivity index (χ4n) is 3.53. The number of aromatic nitrogens is 4. The van der Waals surface area contributed by atoms with Gasteiger partial charge in [0.15, 0.2) is 17.0 Å². The van der Waals surface area contributed by atoms with E-state index in [1.165, 1.54) is 12.8 Å². The summed E-state index contributed by atoms with van der Waals surface area (Å²) in [6, 6.07) is 7.85. The minimum atomic E-state index is 0. The van der Waals surface area contributed by atoms with E-state index in [1.54, 1.807) is 6.33 Å². The number of fused-ring (bicyclic) bond motifs is 1. The molecular weight excluding hydrogens is 433 g/mol. The summed E-state index contributed by atoms with van der Waals surface area (Å²) in [7, 11) is 0. The molecule has 0 amide bonds. The van der Waals surface area contributed by atoms with Gasteiger partial charge in [-0.15, -0.1) is 24.8 Å². The van der Waals surface area contributed by atoms with E-state index in [9.17, 15) is 0 Å². The van der Waals surface area contributed by atoms with Crippen LogP contribution in [0.4, 0.5) is 17.5 Å². The molecule has 0 aliphatic heterocycles. The zero-order valence-corrected chi connectivity index (χ0v) is 18.5. The van der Waals surface area contributed by atoms with E-state index in [0.717, 1.165) is 36.2 Å². The highest BCUT2D eigenvalue weighted by Crippen LogP contribution is 2.27. The van der Waals surface area contributed by atoms with E-state index in [2.05, 4.69) is 22.5 Å². The average molecular weight is 459 g/mol. The average Bonchev–Trinajstić information content (AvgIpc) is 3.07. The van der Waals surface area contributed by atoms with Crippen molar-refractivity contribution in [3.63, 3.8) is 0 Å². The number of aryl methyl sites for hydroxylation is 1. The molecule has 7 nitrogen and oxygen atoms in total. The third-order valence-corrected chi connectivity index (χ3v) is 5.26. The van der Waals surface area contributed by atoms with Gasteiger partial charge in [-0.05, 0) is 38.0 Å². The Bertz CT molecular complexity index is 947. The smallest absolute Gasteiger partial charge is 0.227 e. The van der Waals surface area contributed by atoms with Gasteiger partial charge < -0.3 is 20.9 Å². The lowest BCUT2D eigenvalue weighted by atomic mass is 9.91. The van der Waals surface area contributed by atoms with Crippen LogP contribution < -0.4 is 16.4 Å². The highest BCUT2D eigenvalue weighted by Gasteiger charge is 2.23. The van der Waals surface area contributed by atoms with Crippen molar-refractivity contribution in [1.29, 1.82) is 0 Å². The van der Waals surface area contributed by atoms with Crippen LogP contribution in [0.2, 0.25) is 5.02 Å². The van der Waals surface area contributed by atoms with Crippen molar-refractivity contribution in [3.8, 4) is 0 Å². The number of halogens is 3. The third kappa shape index (κ3) is 5.22. The monoisotopic (exact) mass is 457 g/mol. The van der Waals surface area contributed by atoms with Gasteiger partial charge in [0.05, 0.1) is 6.33 Å². The summed E-state index contributed by atoms with van der Waals surface area (Å²) in [4.78, 5) is 13.9. The van der Waals surface area contributed by atoms with Crippen molar-refractivity contribution in [1.82, 2.24) is 19.5 Å². The first-order valence-corrected chi connectivity index (χ1v) is 9.79. The number of benzene rings is 1. The van der Waals surface area contributed by atoms with Crippen molar-refractivity contribution < 1.29 is 0 Å². The molecule has 0 bridgehead atoms. The first-order chi connectivity index (χ1) is 13.1. The molecule has 158 valence electrons. The van der Waals surface area contributed by atoms with E-state index in [0.29, 0.717) is 16.8 Å². The number of imidazole rings is 1. The van der Waals surface area contributed by atoms with Crippen LogP contribution in [0, 0.1) is 0 Å². The summed E-state index contributed by atoms with van der Waals surface area (Å²) in [5.41, 5.74) is 8.67. The summed E-state index contributed by atoms with van der Waals surface area (Å²) in [6.45, 7) is 2.85. The number of nitrogens with one attached hydrogen (secondary N) is 2. The Morgan fingerprint density at radius 1 is 1.21 bits per heavy atom. The topological polar surface area (TPSA) is 93.7 Å². The Morgan fingerprint density at radius 3 is 2.72 bits per heavy atom. The Hall–Kier alpha value is -1.80. The summed E-state index contributed by atoms with van der Waals surface area (Å²) in [5, 5.41) is 7.44. The molecule has 3 aromatic rings. The van der Waals surface area contributed by atoms with Crippen LogP contribution >= 0.6 is 36.4 Å². The zero-order valence-electron chi connectivity index (χ0n) is 16.1. The molecule has 1 aliphatic rings. The molecular formula is C19H26Cl3N7. The maximum Gasteiger partial charge on any atom is 0.227 e. The van der Waals surface area contributed by atoms with Crippen LogP contribution in [-0.2, 0) is 6.54 Å². The Kier molecular flexibility index (Phi) is 8.34. The first kappa shape index (κ1) is 23.5. The van der Waals surface area contributed by atoms with Gasteiger partial charge in [-0.2, -0.15) is 9.97 Å². The van der Waals surface area contributed by atoms with Gasteiger partial charge in [-0.1, -0.05) is 30.5 Å². The molecule has 2 atom stereocenters. The van der Waals surface area contributed by atoms with Crippen molar-refractivity contribution in [2.75, 3.05) is 10.6 Å². The largest absolute Gasteiger partial charge is 0.350 e. The van der Waals surface area contributed by atoms with Gasteiger partial charge in [0.1, 0.15) is 0 Å². The predicted octanol–water partition coefficient (Wildman–Crippen LogP) is 4.77. The maximum absolute atomic E-state index is 6.29. The lowest BCUT2D eigenvalue weighted by molar-refractivity contribution is 0.402. The summed E-state index contributed by atoms with van der Waals surface area (Å²) >= 11 is 6.11. The van der Waals surface area contributed by atoms with Gasteiger partial charge in [-0.25, -0.2) is 4.98 Å². The first-order valence-electron chi connectivity index (χ1n) is 9.41. The number of hydrogen-bond acceptors (Lipinski definition) is 6. The Morgan fingerprint density at radius 2 is 2.00 bits per heavy atom. The van der Waals surface area contributed by atoms with Gasteiger partial charge in [0.2, 0.25) is 5.95 Å². The molecule has 0 spiro atoms. The van der Waals surface area contributed by atoms with Crippen LogP contribution in [0.1, 0.15) is 32.6 Å². The molecule has 29 heavy (non-hydrogen) atoms. The molecule has 4 N–H and O–H groups in total. The molecule has 1 fully saturated rings. The molecule has 1 aliphatic carbocycles. The van der Waals surface area contributed by atoms with Gasteiger partial charge in [0.25, 0.3) is 0 Å². The third-order valence-electron chi connectivity index (χ3n) is 5.03. The van der Waals surface area contributed by atoms with E-state index >= 15 is 0 Å². The fourth-order valence-corrected chi connectivity index (χ4v) is 3.73. The highest BCUT2D eigenvalue weighted by molar-refractivity contribution is 6.30. The van der Waals surface area contributed by atoms with Crippen LogP contribution in [0.5, 0.6) is 0 Å². The van der Waals surface area contributed by atoms with E-state index in [1.807, 2.05) is 28.8 Å². The van der Waals surface area contributed by atoms with Crippen LogP contribution in [-0.4, -0.2) is 31.6 Å². The SMILES string of the molecule is CCn1cnc2c(Nc3cccc(Cl)c3)nc(N[C@@H]3CCCC[C@@H]3N)nc21.Cl.Cl. The number of nitrogens with two attached hydrogens (primary N) is 1. The molecule has 2 aromatic heterocycles. The van der Waals surface area contributed by atoms with Crippen LogP contribution in [0.3, 0.4) is 0 Å². The number of nitrogens with zero attached hydrogens (tertiary/aromatic N) is 4. The standard InChI is InChI=1S/C19H24ClN7.2ClH/c1-2-27-11-22-16-17(23-13-7-5-6-12(20)10-13)25-19(26-18(16)27)24-15-9-4-3-8-14(15)21;;/h5-7,10-11,14-15H,2-4,8-9,21H2,1H3,(H2,23,24,25,26);2*1H/t14-,15+;;/m0../s1. The number of rotatable bonds is 5. The lowest BCUT2D eigenvalue weighted by Gasteiger charge is -2.29. The molecule has 1 saturated carbocycles. The van der Waals surface area contributed by atoms with Crippen molar-refractivity contribution in [2.45, 2.75) is 51.2 Å². The van der Waals surface area contributed by atoms with Crippen molar-refractivity contribution in [2.24, 2.45) is 5.73 Å². The second kappa shape index (κ2) is 10.3. The van der Waals surface area contributed by atoms with Gasteiger partial charge in [0, 0.05) is 29.3 Å². The maximum atomic E-state index is 6.29. The summed E-state index contributed by atoms with van der Waals surface area (Å²) < 4.78 is 2.01. The molecule has 1 aromatic carbocycles. The second-order valence-electron chi connectivity index (χ2n) is 6.93. The molecule has 0 unspecified atom stereocenters. The molecule has 2 heterocycles. The molecule has 0 saturated heterocycles. The second-order valence-corrected chi connectivity index (χ2v) is 7.37. The zero-order chi connectivity index (χ0) is 18.8. The number of hydrogen-bond donors (Lipinski definition) is 3. The van der Waals surface area contributed by atoms with Gasteiger partial charge in [-0.3, -0.25) is 0 Å². The normalized spacial score (nSPS) is 18.6. The van der Waals surface area contributed by atoms with Crippen molar-refractivity contribution >= 4 is 65.0 Å². The van der Waals surface area contributed by atoms with Crippen LogP contribution in [0.15, 0.2) is 30.6 Å². The lowest BCUT2D eigenvalue weighted by Crippen LogP contribution is -2.43. The molecule has 10 heteroatoms. The van der Waals surface area contributed by atoms with Crippen molar-refractivity contribution in [3.05, 3.63) is 35.6 Å². The minimum Gasteiger partial charge on any atom is -0.350 e. The quantitative estimate of drug-likeness (QED) is 0.510. The van der Waals surface area contributed by atoms with E-state index < -0.39 is 0 Å². The summed E-state index contributed by atoms with van der Waals surface area (Å²) in [5.74, 6) is 1.23. The number of anilines is 3. The van der Waals surface area contributed by atoms with E-state index in [4.69, 9.17) is 27.3 Å². The fraction of sp³-hybridized carbons (Fsp3) is 0.421. The summed E-state index contributed by atoms with van der Waals surface area (Å²) in [6.07, 6.45) is 6.21. The molecule has 0 radical (unpaired) electrons. The Labute approximate surface area is 187 Å². The van der Waals surface area contributed by atoms with Gasteiger partial charge >= 0.3 is 0 Å². The molecule has 4 rings (SSSR count). The highest BCUT2D eigenvalue weighted by atomic mass is 35.5. The van der Waals surface area contributed by atoms with E-state index in [-0.39, 0.29) is 36.9 Å².